The normalized spacial score (nSPS) is 11.6. The van der Waals surface area contributed by atoms with E-state index in [-0.39, 0.29) is 4.90 Å². The maximum Gasteiger partial charge on any atom is 0.238 e. The van der Waals surface area contributed by atoms with Gasteiger partial charge in [0.25, 0.3) is 0 Å². The minimum Gasteiger partial charge on any atom is -0.465 e. The van der Waals surface area contributed by atoms with Gasteiger partial charge in [-0.25, -0.2) is 13.6 Å². The van der Waals surface area contributed by atoms with Crippen molar-refractivity contribution in [3.05, 3.63) is 46.9 Å². The van der Waals surface area contributed by atoms with Crippen molar-refractivity contribution in [2.24, 2.45) is 5.14 Å². The largest absolute Gasteiger partial charge is 0.465 e. The van der Waals surface area contributed by atoms with Gasteiger partial charge in [0.15, 0.2) is 0 Å². The van der Waals surface area contributed by atoms with Crippen LogP contribution in [0.25, 0.3) is 0 Å². The lowest BCUT2D eigenvalue weighted by Crippen LogP contribution is -2.13. The average molecular weight is 294 g/mol. The standard InChI is InChI=1S/C14H18N2O3S/c1-9-6-13(20(15,17)18)7-14(11(9)3)16-8-12-5-4-10(2)19-12/h4-7,16H,8H2,1-3H3,(H2,15,17,18). The van der Waals surface area contributed by atoms with Gasteiger partial charge < -0.3 is 9.73 Å². The number of nitrogens with one attached hydrogen (secondary N) is 1. The van der Waals surface area contributed by atoms with Crippen LogP contribution in [0, 0.1) is 20.8 Å². The van der Waals surface area contributed by atoms with Crippen LogP contribution in [-0.4, -0.2) is 8.42 Å². The number of rotatable bonds is 4. The van der Waals surface area contributed by atoms with E-state index in [1.165, 1.54) is 0 Å². The minimum absolute atomic E-state index is 0.110. The van der Waals surface area contributed by atoms with Crippen LogP contribution < -0.4 is 10.5 Å². The van der Waals surface area contributed by atoms with E-state index in [4.69, 9.17) is 9.56 Å². The van der Waals surface area contributed by atoms with Crippen molar-refractivity contribution in [1.29, 1.82) is 0 Å². The zero-order chi connectivity index (χ0) is 14.9. The predicted molar refractivity (Wildman–Crippen MR) is 78.1 cm³/mol. The van der Waals surface area contributed by atoms with Crippen molar-refractivity contribution < 1.29 is 12.8 Å². The van der Waals surface area contributed by atoms with Gasteiger partial charge in [-0.3, -0.25) is 0 Å². The number of furan rings is 1. The third-order valence-electron chi connectivity index (χ3n) is 3.22. The molecule has 0 amide bonds. The molecule has 0 atom stereocenters. The lowest BCUT2D eigenvalue weighted by molar-refractivity contribution is 0.490. The first kappa shape index (κ1) is 14.6. The molecule has 6 heteroatoms. The van der Waals surface area contributed by atoms with Gasteiger partial charge in [-0.05, 0) is 56.2 Å². The quantitative estimate of drug-likeness (QED) is 0.907. The zero-order valence-corrected chi connectivity index (χ0v) is 12.5. The number of benzene rings is 1. The average Bonchev–Trinajstić information content (AvgIpc) is 2.75. The Labute approximate surface area is 118 Å². The summed E-state index contributed by atoms with van der Waals surface area (Å²) in [6, 6.07) is 6.89. The van der Waals surface area contributed by atoms with Gasteiger partial charge in [-0.1, -0.05) is 0 Å². The molecule has 2 rings (SSSR count). The summed E-state index contributed by atoms with van der Waals surface area (Å²) in [5.41, 5.74) is 2.60. The fourth-order valence-electron chi connectivity index (χ4n) is 1.94. The molecular weight excluding hydrogens is 276 g/mol. The Kier molecular flexibility index (Phi) is 3.87. The Morgan fingerprint density at radius 1 is 1.20 bits per heavy atom. The van der Waals surface area contributed by atoms with E-state index in [0.717, 1.165) is 28.3 Å². The molecular formula is C14H18N2O3S. The number of primary sulfonamides is 1. The van der Waals surface area contributed by atoms with Gasteiger partial charge in [0.05, 0.1) is 11.4 Å². The summed E-state index contributed by atoms with van der Waals surface area (Å²) >= 11 is 0. The van der Waals surface area contributed by atoms with E-state index < -0.39 is 10.0 Å². The van der Waals surface area contributed by atoms with Gasteiger partial charge in [0.1, 0.15) is 11.5 Å². The molecule has 20 heavy (non-hydrogen) atoms. The molecule has 1 heterocycles. The second-order valence-electron chi connectivity index (χ2n) is 4.82. The number of nitrogens with two attached hydrogens (primary N) is 1. The van der Waals surface area contributed by atoms with E-state index >= 15 is 0 Å². The van der Waals surface area contributed by atoms with E-state index in [1.54, 1.807) is 12.1 Å². The maximum absolute atomic E-state index is 11.5. The maximum atomic E-state index is 11.5. The van der Waals surface area contributed by atoms with Gasteiger partial charge in [0, 0.05) is 5.69 Å². The first-order valence-corrected chi connectivity index (χ1v) is 7.75. The summed E-state index contributed by atoms with van der Waals surface area (Å²) in [5, 5.41) is 8.36. The van der Waals surface area contributed by atoms with E-state index in [2.05, 4.69) is 5.32 Å². The summed E-state index contributed by atoms with van der Waals surface area (Å²) in [7, 11) is -3.71. The molecule has 5 nitrogen and oxygen atoms in total. The molecule has 0 saturated carbocycles. The predicted octanol–water partition coefficient (Wildman–Crippen LogP) is 2.46. The number of hydrogen-bond acceptors (Lipinski definition) is 4. The summed E-state index contributed by atoms with van der Waals surface area (Å²) < 4.78 is 28.4. The number of anilines is 1. The monoisotopic (exact) mass is 294 g/mol. The Morgan fingerprint density at radius 3 is 2.45 bits per heavy atom. The van der Waals surface area contributed by atoms with E-state index in [1.807, 2.05) is 32.9 Å². The molecule has 0 bridgehead atoms. The molecule has 3 N–H and O–H groups in total. The number of aryl methyl sites for hydroxylation is 2. The van der Waals surface area contributed by atoms with Crippen molar-refractivity contribution in [3.63, 3.8) is 0 Å². The van der Waals surface area contributed by atoms with Gasteiger partial charge in [-0.2, -0.15) is 0 Å². The van der Waals surface area contributed by atoms with Crippen molar-refractivity contribution in [1.82, 2.24) is 0 Å². The van der Waals surface area contributed by atoms with Crippen LogP contribution in [0.5, 0.6) is 0 Å². The molecule has 2 aromatic rings. The summed E-state index contributed by atoms with van der Waals surface area (Å²) in [4.78, 5) is 0.110. The summed E-state index contributed by atoms with van der Waals surface area (Å²) in [6.45, 7) is 6.15. The van der Waals surface area contributed by atoms with Crippen LogP contribution in [-0.2, 0) is 16.6 Å². The highest BCUT2D eigenvalue weighted by Crippen LogP contribution is 2.24. The third-order valence-corrected chi connectivity index (χ3v) is 4.11. The highest BCUT2D eigenvalue weighted by atomic mass is 32.2. The van der Waals surface area contributed by atoms with Crippen LogP contribution in [0.4, 0.5) is 5.69 Å². The summed E-state index contributed by atoms with van der Waals surface area (Å²) in [5.74, 6) is 1.63. The molecule has 1 aromatic carbocycles. The highest BCUT2D eigenvalue weighted by Gasteiger charge is 2.12. The first-order chi connectivity index (χ1) is 9.27. The minimum atomic E-state index is -3.71. The fraction of sp³-hybridized carbons (Fsp3) is 0.286. The molecule has 0 radical (unpaired) electrons. The van der Waals surface area contributed by atoms with Gasteiger partial charge >= 0.3 is 0 Å². The van der Waals surface area contributed by atoms with Gasteiger partial charge in [0.2, 0.25) is 10.0 Å². The molecule has 0 saturated heterocycles. The number of hydrogen-bond donors (Lipinski definition) is 2. The first-order valence-electron chi connectivity index (χ1n) is 6.20. The van der Waals surface area contributed by atoms with Crippen LogP contribution in [0.1, 0.15) is 22.6 Å². The second kappa shape index (κ2) is 5.30. The lowest BCUT2D eigenvalue weighted by Gasteiger charge is -2.12. The highest BCUT2D eigenvalue weighted by molar-refractivity contribution is 7.89. The Morgan fingerprint density at radius 2 is 1.90 bits per heavy atom. The van der Waals surface area contributed by atoms with Crippen molar-refractivity contribution in [2.75, 3.05) is 5.32 Å². The Hall–Kier alpha value is -1.79. The molecule has 0 aliphatic heterocycles. The molecule has 0 aliphatic carbocycles. The van der Waals surface area contributed by atoms with Crippen molar-refractivity contribution >= 4 is 15.7 Å². The second-order valence-corrected chi connectivity index (χ2v) is 6.39. The molecule has 0 unspecified atom stereocenters. The van der Waals surface area contributed by atoms with Crippen LogP contribution in [0.15, 0.2) is 33.6 Å². The molecule has 0 fully saturated rings. The number of sulfonamides is 1. The SMILES string of the molecule is Cc1ccc(CNc2cc(S(N)(=O)=O)cc(C)c2C)o1. The van der Waals surface area contributed by atoms with Crippen molar-refractivity contribution in [3.8, 4) is 0 Å². The molecule has 0 spiro atoms. The van der Waals surface area contributed by atoms with Crippen LogP contribution in [0.3, 0.4) is 0 Å². The topological polar surface area (TPSA) is 85.3 Å². The Bertz CT molecular complexity index is 733. The summed E-state index contributed by atoms with van der Waals surface area (Å²) in [6.07, 6.45) is 0. The molecule has 108 valence electrons. The van der Waals surface area contributed by atoms with Gasteiger partial charge in [-0.15, -0.1) is 0 Å². The molecule has 1 aromatic heterocycles. The third kappa shape index (κ3) is 3.20. The zero-order valence-electron chi connectivity index (χ0n) is 11.7. The Balaban J connectivity index is 2.29. The molecule has 0 aliphatic rings. The van der Waals surface area contributed by atoms with E-state index in [9.17, 15) is 8.42 Å². The van der Waals surface area contributed by atoms with Crippen LogP contribution in [0.2, 0.25) is 0 Å². The van der Waals surface area contributed by atoms with E-state index in [0.29, 0.717) is 6.54 Å². The van der Waals surface area contributed by atoms with Crippen LogP contribution >= 0.6 is 0 Å². The smallest absolute Gasteiger partial charge is 0.238 e. The fourth-order valence-corrected chi connectivity index (χ4v) is 2.56. The lowest BCUT2D eigenvalue weighted by atomic mass is 10.1. The van der Waals surface area contributed by atoms with Crippen molar-refractivity contribution in [2.45, 2.75) is 32.2 Å².